The zero-order valence-corrected chi connectivity index (χ0v) is 7.97. The van der Waals surface area contributed by atoms with Crippen LogP contribution in [0.4, 0.5) is 0 Å². The van der Waals surface area contributed by atoms with Gasteiger partial charge < -0.3 is 14.7 Å². The van der Waals surface area contributed by atoms with E-state index in [1.165, 1.54) is 24.2 Å². The molecule has 14 heavy (non-hydrogen) atoms. The van der Waals surface area contributed by atoms with Gasteiger partial charge in [0.25, 0.3) is 0 Å². The molecule has 1 aliphatic heterocycles. The molecule has 1 rings (SSSR count). The Morgan fingerprint density at radius 2 is 2.43 bits per heavy atom. The largest absolute Gasteiger partial charge is 0.469 e. The number of hydrogen-bond acceptors (Lipinski definition) is 4. The molecule has 5 heteroatoms. The van der Waals surface area contributed by atoms with Crippen LogP contribution in [0, 0.1) is 0 Å². The van der Waals surface area contributed by atoms with Crippen LogP contribution in [-0.4, -0.2) is 41.8 Å². The number of nitrogens with zero attached hydrogens (tertiary/aromatic N) is 1. The molecule has 0 radical (unpaired) electrons. The smallest absolute Gasteiger partial charge is 0.305 e. The van der Waals surface area contributed by atoms with Gasteiger partial charge in [-0.3, -0.25) is 9.59 Å². The molecule has 0 bridgehead atoms. The number of rotatable bonds is 4. The number of aliphatic hydroxyl groups excluding tert-OH is 1. The summed E-state index contributed by atoms with van der Waals surface area (Å²) in [5, 5.41) is 9.28. The number of carbonyl (C=O) groups is 2. The van der Waals surface area contributed by atoms with E-state index in [9.17, 15) is 14.7 Å². The minimum Gasteiger partial charge on any atom is -0.469 e. The summed E-state index contributed by atoms with van der Waals surface area (Å²) in [6, 6.07) is 0. The van der Waals surface area contributed by atoms with E-state index in [2.05, 4.69) is 4.74 Å². The van der Waals surface area contributed by atoms with Gasteiger partial charge in [0, 0.05) is 19.0 Å². The molecule has 0 fully saturated rings. The van der Waals surface area contributed by atoms with Crippen LogP contribution in [0.15, 0.2) is 12.2 Å². The first-order chi connectivity index (χ1) is 6.65. The third kappa shape index (κ3) is 2.56. The highest BCUT2D eigenvalue weighted by atomic mass is 16.5. The van der Waals surface area contributed by atoms with Crippen LogP contribution in [0.2, 0.25) is 0 Å². The molecule has 0 aromatic carbocycles. The Hall–Kier alpha value is -1.36. The minimum atomic E-state index is -0.847. The Balaban J connectivity index is 2.25. The molecule has 0 saturated heterocycles. The first kappa shape index (κ1) is 10.7. The predicted molar refractivity (Wildman–Crippen MR) is 48.1 cm³/mol. The second-order valence-electron chi connectivity index (χ2n) is 2.98. The summed E-state index contributed by atoms with van der Waals surface area (Å²) < 4.78 is 4.45. The van der Waals surface area contributed by atoms with E-state index in [0.717, 1.165) is 0 Å². The summed E-state index contributed by atoms with van der Waals surface area (Å²) in [5.74, 6) is -0.526. The molecule has 5 nitrogen and oxygen atoms in total. The predicted octanol–water partition coefficient (Wildman–Crippen LogP) is -0.344. The van der Waals surface area contributed by atoms with Crippen molar-refractivity contribution in [1.82, 2.24) is 4.90 Å². The summed E-state index contributed by atoms with van der Waals surface area (Å²) in [5.41, 5.74) is 0. The molecule has 0 saturated carbocycles. The number of aliphatic hydroxyl groups is 1. The van der Waals surface area contributed by atoms with Crippen molar-refractivity contribution in [3.8, 4) is 0 Å². The van der Waals surface area contributed by atoms with Gasteiger partial charge in [0.2, 0.25) is 5.91 Å². The summed E-state index contributed by atoms with van der Waals surface area (Å²) in [7, 11) is 1.32. The quantitative estimate of drug-likeness (QED) is 0.629. The number of esters is 1. The molecule has 1 amide bonds. The van der Waals surface area contributed by atoms with E-state index >= 15 is 0 Å². The Morgan fingerprint density at radius 1 is 1.71 bits per heavy atom. The summed E-state index contributed by atoms with van der Waals surface area (Å²) >= 11 is 0. The molecular weight excluding hydrogens is 186 g/mol. The molecule has 1 heterocycles. The highest BCUT2D eigenvalue weighted by molar-refractivity contribution is 5.90. The monoisotopic (exact) mass is 199 g/mol. The van der Waals surface area contributed by atoms with Gasteiger partial charge in [-0.1, -0.05) is 0 Å². The fourth-order valence-corrected chi connectivity index (χ4v) is 1.24. The molecule has 0 spiro atoms. The molecular formula is C9H13NO4. The molecule has 78 valence electrons. The van der Waals surface area contributed by atoms with E-state index in [-0.39, 0.29) is 18.3 Å². The lowest BCUT2D eigenvalue weighted by atomic mass is 10.3. The second-order valence-corrected chi connectivity index (χ2v) is 2.98. The van der Waals surface area contributed by atoms with Gasteiger partial charge in [-0.15, -0.1) is 0 Å². The minimum absolute atomic E-state index is 0.220. The lowest BCUT2D eigenvalue weighted by molar-refractivity contribution is -0.141. The van der Waals surface area contributed by atoms with Crippen molar-refractivity contribution in [1.29, 1.82) is 0 Å². The Morgan fingerprint density at radius 3 is 2.93 bits per heavy atom. The topological polar surface area (TPSA) is 66.8 Å². The molecule has 1 N–H and O–H groups in total. The van der Waals surface area contributed by atoms with Gasteiger partial charge >= 0.3 is 5.97 Å². The van der Waals surface area contributed by atoms with Crippen molar-refractivity contribution in [2.24, 2.45) is 0 Å². The van der Waals surface area contributed by atoms with Crippen LogP contribution in [0.1, 0.15) is 12.8 Å². The summed E-state index contributed by atoms with van der Waals surface area (Å²) in [6.45, 7) is 0.363. The number of methoxy groups -OCH3 is 1. The van der Waals surface area contributed by atoms with Crippen molar-refractivity contribution in [2.45, 2.75) is 19.1 Å². The maximum absolute atomic E-state index is 11.1. The van der Waals surface area contributed by atoms with E-state index in [0.29, 0.717) is 13.0 Å². The average molecular weight is 199 g/mol. The maximum atomic E-state index is 11.1. The van der Waals surface area contributed by atoms with E-state index in [1.807, 2.05) is 0 Å². The van der Waals surface area contributed by atoms with E-state index in [4.69, 9.17) is 0 Å². The lowest BCUT2D eigenvalue weighted by Gasteiger charge is -2.19. The zero-order chi connectivity index (χ0) is 10.6. The van der Waals surface area contributed by atoms with Crippen molar-refractivity contribution < 1.29 is 19.4 Å². The van der Waals surface area contributed by atoms with Crippen molar-refractivity contribution >= 4 is 11.9 Å². The third-order valence-corrected chi connectivity index (χ3v) is 2.02. The lowest BCUT2D eigenvalue weighted by Crippen LogP contribution is -2.34. The van der Waals surface area contributed by atoms with Crippen LogP contribution >= 0.6 is 0 Å². The van der Waals surface area contributed by atoms with Crippen LogP contribution in [-0.2, 0) is 14.3 Å². The van der Waals surface area contributed by atoms with Gasteiger partial charge in [-0.25, -0.2) is 0 Å². The van der Waals surface area contributed by atoms with Crippen LogP contribution in [0.3, 0.4) is 0 Å². The summed E-state index contributed by atoms with van der Waals surface area (Å²) in [6.07, 6.45) is 2.65. The molecule has 1 aliphatic rings. The van der Waals surface area contributed by atoms with E-state index in [1.54, 1.807) is 0 Å². The Labute approximate surface area is 82.0 Å². The molecule has 0 aromatic rings. The van der Waals surface area contributed by atoms with Crippen LogP contribution in [0.25, 0.3) is 0 Å². The van der Waals surface area contributed by atoms with Crippen molar-refractivity contribution in [3.05, 3.63) is 12.2 Å². The Kier molecular flexibility index (Phi) is 3.64. The second kappa shape index (κ2) is 4.76. The molecule has 0 aromatic heterocycles. The number of ether oxygens (including phenoxy) is 1. The first-order valence-electron chi connectivity index (χ1n) is 4.39. The SMILES string of the molecule is COC(=O)CCCN1C(=O)C=CC1O. The fourth-order valence-electron chi connectivity index (χ4n) is 1.24. The molecule has 1 unspecified atom stereocenters. The highest BCUT2D eigenvalue weighted by Crippen LogP contribution is 2.09. The van der Waals surface area contributed by atoms with Crippen molar-refractivity contribution in [2.75, 3.05) is 13.7 Å². The third-order valence-electron chi connectivity index (χ3n) is 2.02. The van der Waals surface area contributed by atoms with Gasteiger partial charge in [0.1, 0.15) is 6.23 Å². The fraction of sp³-hybridized carbons (Fsp3) is 0.556. The van der Waals surface area contributed by atoms with Gasteiger partial charge in [-0.05, 0) is 12.5 Å². The molecule has 1 atom stereocenters. The Bertz CT molecular complexity index is 262. The van der Waals surface area contributed by atoms with Crippen molar-refractivity contribution in [3.63, 3.8) is 0 Å². The highest BCUT2D eigenvalue weighted by Gasteiger charge is 2.22. The standard InChI is InChI=1S/C9H13NO4/c1-14-9(13)3-2-6-10-7(11)4-5-8(10)12/h4-5,7,11H,2-3,6H2,1H3. The van der Waals surface area contributed by atoms with Crippen LogP contribution in [0.5, 0.6) is 0 Å². The number of hydrogen-bond donors (Lipinski definition) is 1. The molecule has 0 aliphatic carbocycles. The average Bonchev–Trinajstić information content (AvgIpc) is 2.48. The van der Waals surface area contributed by atoms with Gasteiger partial charge in [0.15, 0.2) is 0 Å². The number of amides is 1. The number of carbonyl (C=O) groups excluding carboxylic acids is 2. The summed E-state index contributed by atoms with van der Waals surface area (Å²) in [4.78, 5) is 23.1. The van der Waals surface area contributed by atoms with Gasteiger partial charge in [-0.2, -0.15) is 0 Å². The van der Waals surface area contributed by atoms with Crippen LogP contribution < -0.4 is 0 Å². The first-order valence-corrected chi connectivity index (χ1v) is 4.39. The normalized spacial score (nSPS) is 20.3. The zero-order valence-electron chi connectivity index (χ0n) is 7.97. The van der Waals surface area contributed by atoms with E-state index < -0.39 is 6.23 Å². The van der Waals surface area contributed by atoms with Gasteiger partial charge in [0.05, 0.1) is 7.11 Å². The maximum Gasteiger partial charge on any atom is 0.305 e.